The molecule has 0 aliphatic carbocycles. The van der Waals surface area contributed by atoms with Crippen LogP contribution in [0, 0.1) is 5.92 Å². The second kappa shape index (κ2) is 10.2. The molecule has 6 nitrogen and oxygen atoms in total. The van der Waals surface area contributed by atoms with Crippen LogP contribution in [0.4, 0.5) is 5.69 Å². The lowest BCUT2D eigenvalue weighted by Gasteiger charge is -2.34. The van der Waals surface area contributed by atoms with E-state index in [0.29, 0.717) is 12.5 Å². The number of benzene rings is 1. The molecule has 0 aromatic heterocycles. The Balaban J connectivity index is 1.96. The lowest BCUT2D eigenvalue weighted by Crippen LogP contribution is -2.46. The second-order valence-electron chi connectivity index (χ2n) is 7.00. The van der Waals surface area contributed by atoms with E-state index in [2.05, 4.69) is 29.4 Å². The molecule has 2 N–H and O–H groups in total. The molecule has 26 heavy (non-hydrogen) atoms. The third-order valence-electron chi connectivity index (χ3n) is 4.93. The van der Waals surface area contributed by atoms with Gasteiger partial charge in [0.2, 0.25) is 5.91 Å². The van der Waals surface area contributed by atoms with Gasteiger partial charge in [0.1, 0.15) is 6.61 Å². The Kier molecular flexibility index (Phi) is 7.91. The van der Waals surface area contributed by atoms with Gasteiger partial charge in [0.25, 0.3) is 5.91 Å². The number of amides is 2. The summed E-state index contributed by atoms with van der Waals surface area (Å²) in [6.07, 6.45) is 2.76. The smallest absolute Gasteiger partial charge is 0.253 e. The topological polar surface area (TPSA) is 70.7 Å². The fourth-order valence-corrected chi connectivity index (χ4v) is 3.11. The number of para-hydroxylation sites is 1. The van der Waals surface area contributed by atoms with Gasteiger partial charge in [-0.1, -0.05) is 32.4 Å². The van der Waals surface area contributed by atoms with Crippen molar-refractivity contribution in [3.05, 3.63) is 29.8 Å². The van der Waals surface area contributed by atoms with Gasteiger partial charge in [0.15, 0.2) is 0 Å². The average molecular weight is 361 g/mol. The highest BCUT2D eigenvalue weighted by atomic mass is 16.5. The van der Waals surface area contributed by atoms with Crippen molar-refractivity contribution in [2.45, 2.75) is 39.2 Å². The predicted octanol–water partition coefficient (Wildman–Crippen LogP) is 2.19. The van der Waals surface area contributed by atoms with Gasteiger partial charge in [-0.2, -0.15) is 0 Å². The summed E-state index contributed by atoms with van der Waals surface area (Å²) in [6.45, 7) is 6.67. The molecule has 2 rings (SSSR count). The van der Waals surface area contributed by atoms with Crippen molar-refractivity contribution in [2.24, 2.45) is 5.92 Å². The Morgan fingerprint density at radius 1 is 1.27 bits per heavy atom. The highest BCUT2D eigenvalue weighted by Crippen LogP contribution is 2.24. The molecule has 144 valence electrons. The minimum atomic E-state index is -0.0734. The van der Waals surface area contributed by atoms with Gasteiger partial charge in [-0.25, -0.2) is 0 Å². The van der Waals surface area contributed by atoms with Crippen LogP contribution in [-0.2, 0) is 9.53 Å². The van der Waals surface area contributed by atoms with Crippen molar-refractivity contribution in [3.63, 3.8) is 0 Å². The van der Waals surface area contributed by atoms with Crippen molar-refractivity contribution in [3.8, 4) is 0 Å². The lowest BCUT2D eigenvalue weighted by molar-refractivity contribution is -0.125. The van der Waals surface area contributed by atoms with Crippen LogP contribution in [0.1, 0.15) is 43.5 Å². The van der Waals surface area contributed by atoms with Gasteiger partial charge in [-0.05, 0) is 30.9 Å². The van der Waals surface area contributed by atoms with Gasteiger partial charge in [-0.3, -0.25) is 9.59 Å². The Morgan fingerprint density at radius 3 is 2.62 bits per heavy atom. The van der Waals surface area contributed by atoms with E-state index in [1.54, 1.807) is 0 Å². The van der Waals surface area contributed by atoms with E-state index in [1.807, 2.05) is 24.3 Å². The number of methoxy groups -OCH3 is 1. The minimum absolute atomic E-state index is 0.0172. The number of anilines is 1. The van der Waals surface area contributed by atoms with Crippen LogP contribution >= 0.6 is 0 Å². The molecule has 0 spiro atoms. The third-order valence-corrected chi connectivity index (χ3v) is 4.93. The monoisotopic (exact) mass is 361 g/mol. The molecule has 0 unspecified atom stereocenters. The summed E-state index contributed by atoms with van der Waals surface area (Å²) in [5, 5.41) is 6.04. The second-order valence-corrected chi connectivity index (χ2v) is 7.00. The van der Waals surface area contributed by atoms with E-state index in [4.69, 9.17) is 4.74 Å². The molecule has 1 aliphatic heterocycles. The largest absolute Gasteiger partial charge is 0.375 e. The van der Waals surface area contributed by atoms with E-state index < -0.39 is 0 Å². The molecule has 1 aromatic rings. The summed E-state index contributed by atoms with van der Waals surface area (Å²) in [5.74, 6) is 0.379. The van der Waals surface area contributed by atoms with Gasteiger partial charge < -0.3 is 20.3 Å². The molecule has 0 saturated carbocycles. The van der Waals surface area contributed by atoms with Crippen LogP contribution in [0.15, 0.2) is 24.3 Å². The number of ether oxygens (including phenoxy) is 1. The Morgan fingerprint density at radius 2 is 1.96 bits per heavy atom. The summed E-state index contributed by atoms with van der Waals surface area (Å²) >= 11 is 0. The van der Waals surface area contributed by atoms with E-state index in [1.165, 1.54) is 7.11 Å². The van der Waals surface area contributed by atoms with E-state index in [-0.39, 0.29) is 24.5 Å². The minimum Gasteiger partial charge on any atom is -0.375 e. The Hall–Kier alpha value is -2.08. The molecular formula is C20H31N3O3. The number of piperidine rings is 1. The fourth-order valence-electron chi connectivity index (χ4n) is 3.11. The number of rotatable bonds is 8. The first-order valence-electron chi connectivity index (χ1n) is 9.45. The summed E-state index contributed by atoms with van der Waals surface area (Å²) in [7, 11) is 1.52. The zero-order chi connectivity index (χ0) is 18.9. The number of nitrogens with one attached hydrogen (secondary N) is 2. The molecule has 2 amide bonds. The molecule has 1 atom stereocenters. The van der Waals surface area contributed by atoms with Gasteiger partial charge in [-0.15, -0.1) is 0 Å². The fraction of sp³-hybridized carbons (Fsp3) is 0.600. The van der Waals surface area contributed by atoms with Crippen molar-refractivity contribution in [1.82, 2.24) is 10.6 Å². The summed E-state index contributed by atoms with van der Waals surface area (Å²) in [6, 6.07) is 7.92. The summed E-state index contributed by atoms with van der Waals surface area (Å²) in [4.78, 5) is 26.5. The van der Waals surface area contributed by atoms with Crippen LogP contribution in [0.2, 0.25) is 0 Å². The Labute approximate surface area is 156 Å². The van der Waals surface area contributed by atoms with Crippen molar-refractivity contribution in [2.75, 3.05) is 38.3 Å². The SMILES string of the molecule is CC[C@@H](C)CNC(=O)c1ccccc1N1CCC(NC(=O)COC)CC1. The highest BCUT2D eigenvalue weighted by molar-refractivity contribution is 5.99. The van der Waals surface area contributed by atoms with Crippen molar-refractivity contribution in [1.29, 1.82) is 0 Å². The first-order valence-corrected chi connectivity index (χ1v) is 9.45. The maximum absolute atomic E-state index is 12.6. The number of carbonyl (C=O) groups is 2. The molecule has 1 aliphatic rings. The third kappa shape index (κ3) is 5.73. The number of nitrogens with zero attached hydrogens (tertiary/aromatic N) is 1. The van der Waals surface area contributed by atoms with Crippen LogP contribution in [0.5, 0.6) is 0 Å². The molecule has 1 aromatic carbocycles. The first-order chi connectivity index (χ1) is 12.5. The molecule has 6 heteroatoms. The summed E-state index contributed by atoms with van der Waals surface area (Å²) in [5.41, 5.74) is 1.69. The highest BCUT2D eigenvalue weighted by Gasteiger charge is 2.23. The molecule has 1 saturated heterocycles. The maximum Gasteiger partial charge on any atom is 0.253 e. The molecular weight excluding hydrogens is 330 g/mol. The van der Waals surface area contributed by atoms with E-state index >= 15 is 0 Å². The van der Waals surface area contributed by atoms with Gasteiger partial charge >= 0.3 is 0 Å². The lowest BCUT2D eigenvalue weighted by atomic mass is 10.0. The standard InChI is InChI=1S/C20H31N3O3/c1-4-15(2)13-21-20(25)17-7-5-6-8-18(17)23-11-9-16(10-12-23)22-19(24)14-26-3/h5-8,15-16H,4,9-14H2,1-3H3,(H,21,25)(H,22,24)/t15-/m1/s1. The van der Waals surface area contributed by atoms with Crippen molar-refractivity contribution >= 4 is 17.5 Å². The normalized spacial score (nSPS) is 16.2. The summed E-state index contributed by atoms with van der Waals surface area (Å²) < 4.78 is 4.86. The number of hydrogen-bond acceptors (Lipinski definition) is 4. The first kappa shape index (κ1) is 20.2. The molecule has 1 fully saturated rings. The van der Waals surface area contributed by atoms with Gasteiger partial charge in [0, 0.05) is 38.5 Å². The zero-order valence-corrected chi connectivity index (χ0v) is 16.1. The van der Waals surface area contributed by atoms with Crippen LogP contribution in [0.3, 0.4) is 0 Å². The molecule has 0 bridgehead atoms. The van der Waals surface area contributed by atoms with E-state index in [0.717, 1.165) is 43.6 Å². The van der Waals surface area contributed by atoms with Crippen LogP contribution in [-0.4, -0.2) is 51.2 Å². The van der Waals surface area contributed by atoms with E-state index in [9.17, 15) is 9.59 Å². The number of hydrogen-bond donors (Lipinski definition) is 2. The molecule has 1 heterocycles. The average Bonchev–Trinajstić information content (AvgIpc) is 2.66. The van der Waals surface area contributed by atoms with Crippen LogP contribution < -0.4 is 15.5 Å². The van der Waals surface area contributed by atoms with Crippen molar-refractivity contribution < 1.29 is 14.3 Å². The van der Waals surface area contributed by atoms with Gasteiger partial charge in [0.05, 0.1) is 5.56 Å². The number of carbonyl (C=O) groups excluding carboxylic acids is 2. The predicted molar refractivity (Wildman–Crippen MR) is 103 cm³/mol. The Bertz CT molecular complexity index is 598. The molecule has 0 radical (unpaired) electrons. The zero-order valence-electron chi connectivity index (χ0n) is 16.1. The quantitative estimate of drug-likeness (QED) is 0.745. The van der Waals surface area contributed by atoms with Crippen LogP contribution in [0.25, 0.3) is 0 Å². The maximum atomic E-state index is 12.6.